The van der Waals surface area contributed by atoms with Crippen LogP contribution in [-0.2, 0) is 10.2 Å². The smallest absolute Gasteiger partial charge is 0.119 e. The number of rotatable bonds is 7. The number of ether oxygens (including phenoxy) is 1. The number of nitrogens with one attached hydrogen (secondary N) is 4. The van der Waals surface area contributed by atoms with Gasteiger partial charge in [0.25, 0.3) is 0 Å². The number of nitrogens with zero attached hydrogens (tertiary/aromatic N) is 3. The summed E-state index contributed by atoms with van der Waals surface area (Å²) in [4.78, 5) is 4.46. The zero-order valence-corrected chi connectivity index (χ0v) is 22.9. The van der Waals surface area contributed by atoms with Crippen LogP contribution in [0.2, 0.25) is 10.0 Å². The van der Waals surface area contributed by atoms with Crippen molar-refractivity contribution < 1.29 is 4.74 Å². The van der Waals surface area contributed by atoms with Crippen molar-refractivity contribution in [2.75, 3.05) is 30.4 Å². The number of hydrazine groups is 2. The standard InChI is InChI=1S/C27H28BCl2N7O/c1-26(2,3)15-33-24-16(10-31)11-32-25-19(24)8-17(9-22(25)30)34-27(28,20-6-4-5-7-21(20)29)23-12-37(36-35-23)18-13-38-14-18/h4-9,11-12,18,34-36H,13-15H2,1-3H3,(H,32,33). The molecule has 0 spiro atoms. The number of anilines is 2. The highest BCUT2D eigenvalue weighted by atomic mass is 35.5. The van der Waals surface area contributed by atoms with Crippen LogP contribution < -0.4 is 21.6 Å². The van der Waals surface area contributed by atoms with Gasteiger partial charge in [-0.25, -0.2) is 0 Å². The lowest BCUT2D eigenvalue weighted by Gasteiger charge is -2.35. The molecule has 3 heterocycles. The maximum absolute atomic E-state index is 9.80. The lowest BCUT2D eigenvalue weighted by atomic mass is 9.69. The molecule has 194 valence electrons. The molecular formula is C27H28BCl2N7O. The van der Waals surface area contributed by atoms with Crippen LogP contribution in [-0.4, -0.2) is 43.6 Å². The molecule has 1 saturated heterocycles. The summed E-state index contributed by atoms with van der Waals surface area (Å²) < 4.78 is 5.34. The topological polar surface area (TPSA) is 97.3 Å². The first kappa shape index (κ1) is 26.5. The number of hydrogen-bond donors (Lipinski definition) is 4. The van der Waals surface area contributed by atoms with Crippen molar-refractivity contribution in [1.29, 1.82) is 5.26 Å². The number of aromatic nitrogens is 1. The third-order valence-electron chi connectivity index (χ3n) is 6.51. The lowest BCUT2D eigenvalue weighted by Crippen LogP contribution is -2.53. The average molecular weight is 548 g/mol. The molecule has 0 aliphatic carbocycles. The minimum Gasteiger partial charge on any atom is -0.383 e. The van der Waals surface area contributed by atoms with E-state index in [2.05, 4.69) is 53.4 Å². The first-order valence-electron chi connectivity index (χ1n) is 12.3. The molecule has 0 amide bonds. The second-order valence-electron chi connectivity index (χ2n) is 10.7. The Hall–Kier alpha value is -3.16. The van der Waals surface area contributed by atoms with Crippen molar-refractivity contribution in [2.45, 2.75) is 32.3 Å². The molecular weight excluding hydrogens is 520 g/mol. The Kier molecular flexibility index (Phi) is 7.10. The molecule has 2 aliphatic rings. The van der Waals surface area contributed by atoms with E-state index in [0.29, 0.717) is 68.9 Å². The van der Waals surface area contributed by atoms with E-state index in [-0.39, 0.29) is 11.5 Å². The molecule has 1 fully saturated rings. The molecule has 2 radical (unpaired) electrons. The van der Waals surface area contributed by atoms with Crippen LogP contribution in [0.15, 0.2) is 54.5 Å². The van der Waals surface area contributed by atoms with Crippen molar-refractivity contribution in [3.8, 4) is 6.07 Å². The predicted molar refractivity (Wildman–Crippen MR) is 153 cm³/mol. The second-order valence-corrected chi connectivity index (χ2v) is 11.5. The first-order valence-corrected chi connectivity index (χ1v) is 13.0. The molecule has 2 aliphatic heterocycles. The predicted octanol–water partition coefficient (Wildman–Crippen LogP) is 4.87. The fourth-order valence-electron chi connectivity index (χ4n) is 4.36. The van der Waals surface area contributed by atoms with Gasteiger partial charge in [0, 0.05) is 35.0 Å². The molecule has 4 N–H and O–H groups in total. The maximum Gasteiger partial charge on any atom is 0.119 e. The van der Waals surface area contributed by atoms with E-state index in [9.17, 15) is 5.26 Å². The number of hydrogen-bond acceptors (Lipinski definition) is 8. The van der Waals surface area contributed by atoms with Crippen LogP contribution in [0.1, 0.15) is 31.9 Å². The fraction of sp³-hybridized carbons (Fsp3) is 0.333. The number of nitriles is 1. The summed E-state index contributed by atoms with van der Waals surface area (Å²) in [5, 5.41) is 20.3. The zero-order chi connectivity index (χ0) is 27.1. The van der Waals surface area contributed by atoms with E-state index in [1.165, 1.54) is 0 Å². The van der Waals surface area contributed by atoms with Gasteiger partial charge in [0.15, 0.2) is 0 Å². The Morgan fingerprint density at radius 3 is 2.63 bits per heavy atom. The van der Waals surface area contributed by atoms with Crippen LogP contribution in [0.3, 0.4) is 0 Å². The highest BCUT2D eigenvalue weighted by Crippen LogP contribution is 2.39. The summed E-state index contributed by atoms with van der Waals surface area (Å²) in [5.74, 6) is 0. The monoisotopic (exact) mass is 547 g/mol. The molecule has 5 rings (SSSR count). The van der Waals surface area contributed by atoms with Gasteiger partial charge in [0.1, 0.15) is 13.9 Å². The van der Waals surface area contributed by atoms with E-state index in [1.807, 2.05) is 35.5 Å². The molecule has 2 aromatic carbocycles. The SMILES string of the molecule is [B]C(Nc1cc(Cl)c2ncc(C#N)c(NCC(C)(C)C)c2c1)(C1=CN(C2COC2)NN1)c1ccccc1Cl. The molecule has 1 atom stereocenters. The third kappa shape index (κ3) is 5.10. The van der Waals surface area contributed by atoms with Gasteiger partial charge in [0.05, 0.1) is 52.2 Å². The van der Waals surface area contributed by atoms with E-state index < -0.39 is 5.44 Å². The van der Waals surface area contributed by atoms with Crippen LogP contribution in [0, 0.1) is 16.7 Å². The van der Waals surface area contributed by atoms with Gasteiger partial charge in [-0.05, 0) is 29.2 Å². The van der Waals surface area contributed by atoms with Gasteiger partial charge in [-0.1, -0.05) is 62.2 Å². The van der Waals surface area contributed by atoms with Crippen molar-refractivity contribution in [1.82, 2.24) is 21.0 Å². The Morgan fingerprint density at radius 2 is 1.97 bits per heavy atom. The number of halogens is 2. The summed E-state index contributed by atoms with van der Waals surface area (Å²) in [5.41, 5.74) is 8.72. The van der Waals surface area contributed by atoms with Gasteiger partial charge >= 0.3 is 0 Å². The lowest BCUT2D eigenvalue weighted by molar-refractivity contribution is -0.0635. The highest BCUT2D eigenvalue weighted by molar-refractivity contribution is 6.36. The second kappa shape index (κ2) is 10.2. The van der Waals surface area contributed by atoms with Crippen molar-refractivity contribution in [2.24, 2.45) is 5.41 Å². The third-order valence-corrected chi connectivity index (χ3v) is 7.13. The van der Waals surface area contributed by atoms with E-state index in [0.717, 1.165) is 0 Å². The summed E-state index contributed by atoms with van der Waals surface area (Å²) in [6.07, 6.45) is 3.46. The quantitative estimate of drug-likeness (QED) is 0.311. The van der Waals surface area contributed by atoms with Crippen LogP contribution in [0.5, 0.6) is 0 Å². The minimum atomic E-state index is -1.26. The maximum atomic E-state index is 9.80. The Morgan fingerprint density at radius 1 is 1.21 bits per heavy atom. The molecule has 1 aromatic heterocycles. The highest BCUT2D eigenvalue weighted by Gasteiger charge is 2.38. The Labute approximate surface area is 233 Å². The van der Waals surface area contributed by atoms with Crippen molar-refractivity contribution >= 4 is 53.3 Å². The summed E-state index contributed by atoms with van der Waals surface area (Å²) in [6.45, 7) is 8.26. The number of fused-ring (bicyclic) bond motifs is 1. The van der Waals surface area contributed by atoms with Crippen LogP contribution in [0.25, 0.3) is 10.9 Å². The molecule has 0 saturated carbocycles. The van der Waals surface area contributed by atoms with Gasteiger partial charge < -0.3 is 20.8 Å². The van der Waals surface area contributed by atoms with Crippen molar-refractivity contribution in [3.05, 3.63) is 75.7 Å². The molecule has 38 heavy (non-hydrogen) atoms. The normalized spacial score (nSPS) is 17.3. The molecule has 0 bridgehead atoms. The van der Waals surface area contributed by atoms with Gasteiger partial charge in [-0.3, -0.25) is 9.99 Å². The van der Waals surface area contributed by atoms with E-state index >= 15 is 0 Å². The number of pyridine rings is 1. The van der Waals surface area contributed by atoms with E-state index in [4.69, 9.17) is 35.8 Å². The van der Waals surface area contributed by atoms with Gasteiger partial charge in [-0.2, -0.15) is 5.26 Å². The average Bonchev–Trinajstić information content (AvgIpc) is 3.31. The Bertz CT molecular complexity index is 1450. The van der Waals surface area contributed by atoms with Gasteiger partial charge in [-0.15, -0.1) is 5.53 Å². The zero-order valence-electron chi connectivity index (χ0n) is 21.4. The van der Waals surface area contributed by atoms with Crippen LogP contribution in [0.4, 0.5) is 11.4 Å². The minimum absolute atomic E-state index is 0.0105. The molecule has 8 nitrogen and oxygen atoms in total. The molecule has 3 aromatic rings. The first-order chi connectivity index (χ1) is 18.1. The Balaban J connectivity index is 1.60. The summed E-state index contributed by atoms with van der Waals surface area (Å²) >= 11 is 13.4. The van der Waals surface area contributed by atoms with Gasteiger partial charge in [0.2, 0.25) is 0 Å². The molecule has 1 unspecified atom stereocenters. The van der Waals surface area contributed by atoms with Crippen molar-refractivity contribution in [3.63, 3.8) is 0 Å². The largest absolute Gasteiger partial charge is 0.383 e. The number of benzene rings is 2. The van der Waals surface area contributed by atoms with E-state index in [1.54, 1.807) is 18.3 Å². The molecule has 11 heteroatoms. The fourth-order valence-corrected chi connectivity index (χ4v) is 4.91. The van der Waals surface area contributed by atoms with Crippen LogP contribution >= 0.6 is 23.2 Å². The summed E-state index contributed by atoms with van der Waals surface area (Å²) in [7, 11) is 7.13. The summed E-state index contributed by atoms with van der Waals surface area (Å²) in [6, 6.07) is 13.5.